The van der Waals surface area contributed by atoms with Crippen molar-refractivity contribution in [1.29, 1.82) is 0 Å². The van der Waals surface area contributed by atoms with Gasteiger partial charge in [-0.2, -0.15) is 0 Å². The fourth-order valence-electron chi connectivity index (χ4n) is 9.97. The highest BCUT2D eigenvalue weighted by Gasteiger charge is 2.32. The number of hydrogen-bond donors (Lipinski definition) is 0. The molecule has 0 atom stereocenters. The molecule has 2 fully saturated rings. The molecule has 5 aromatic rings. The van der Waals surface area contributed by atoms with Crippen molar-refractivity contribution >= 4 is 28.1 Å². The molecule has 61 heavy (non-hydrogen) atoms. The molecule has 2 saturated heterocycles. The third kappa shape index (κ3) is 10.3. The van der Waals surface area contributed by atoms with Crippen LogP contribution >= 0.6 is 0 Å². The highest BCUT2D eigenvalue weighted by Crippen LogP contribution is 2.30. The van der Waals surface area contributed by atoms with Gasteiger partial charge in [0.1, 0.15) is 5.75 Å². The SMILES string of the molecule is CN(Cc1ccccc1OC(F)(F)F)Cc1cc2cc3c(cc2n(CCN2CCCCC2)c1=O)CCC3.O=Cc1cc2cc3c(cc2n(CCN2CCCCC2)c1=O)CCC3. The molecule has 0 amide bonds. The summed E-state index contributed by atoms with van der Waals surface area (Å²) in [4.78, 5) is 44.5. The van der Waals surface area contributed by atoms with Crippen LogP contribution in [0, 0.1) is 0 Å². The van der Waals surface area contributed by atoms with E-state index in [9.17, 15) is 27.6 Å². The summed E-state index contributed by atoms with van der Waals surface area (Å²) in [6.07, 6.45) is 10.1. The van der Waals surface area contributed by atoms with Crippen LogP contribution in [0.5, 0.6) is 5.75 Å². The van der Waals surface area contributed by atoms with Crippen LogP contribution in [0.15, 0.2) is 70.3 Å². The molecule has 0 unspecified atom stereocenters. The van der Waals surface area contributed by atoms with E-state index in [0.717, 1.165) is 93.2 Å². The molecule has 9 rings (SSSR count). The van der Waals surface area contributed by atoms with E-state index in [1.165, 1.54) is 79.3 Å². The van der Waals surface area contributed by atoms with Crippen molar-refractivity contribution in [1.82, 2.24) is 23.8 Å². The molecule has 324 valence electrons. The summed E-state index contributed by atoms with van der Waals surface area (Å²) in [7, 11) is 1.81. The number of pyridine rings is 2. The molecular formula is C49H58F3N5O4. The third-order valence-electron chi connectivity index (χ3n) is 13.1. The number of piperidine rings is 2. The van der Waals surface area contributed by atoms with E-state index < -0.39 is 6.36 Å². The second-order valence-electron chi connectivity index (χ2n) is 17.5. The van der Waals surface area contributed by atoms with Crippen LogP contribution in [-0.4, -0.2) is 82.8 Å². The van der Waals surface area contributed by atoms with Crippen LogP contribution in [0.1, 0.15) is 95.1 Å². The fourth-order valence-corrected chi connectivity index (χ4v) is 9.97. The Kier molecular flexibility index (Phi) is 13.4. The van der Waals surface area contributed by atoms with Gasteiger partial charge in [0, 0.05) is 50.4 Å². The maximum Gasteiger partial charge on any atom is 0.573 e. The van der Waals surface area contributed by atoms with Crippen molar-refractivity contribution in [2.75, 3.05) is 46.3 Å². The summed E-state index contributed by atoms with van der Waals surface area (Å²) < 4.78 is 46.6. The lowest BCUT2D eigenvalue weighted by atomic mass is 10.0. The minimum Gasteiger partial charge on any atom is -0.405 e. The van der Waals surface area contributed by atoms with E-state index in [2.05, 4.69) is 38.8 Å². The van der Waals surface area contributed by atoms with Gasteiger partial charge in [0.25, 0.3) is 11.1 Å². The molecular weight excluding hydrogens is 780 g/mol. The molecule has 0 saturated carbocycles. The molecule has 2 aromatic heterocycles. The first-order valence-corrected chi connectivity index (χ1v) is 22.3. The zero-order chi connectivity index (χ0) is 42.5. The van der Waals surface area contributed by atoms with E-state index in [0.29, 0.717) is 37.0 Å². The zero-order valence-electron chi connectivity index (χ0n) is 35.4. The number of ether oxygens (including phenoxy) is 1. The van der Waals surface area contributed by atoms with E-state index in [4.69, 9.17) is 0 Å². The average Bonchev–Trinajstić information content (AvgIpc) is 3.92. The molecule has 4 heterocycles. The van der Waals surface area contributed by atoms with Gasteiger partial charge in [-0.3, -0.25) is 19.3 Å². The summed E-state index contributed by atoms with van der Waals surface area (Å²) in [6, 6.07) is 18.7. The predicted molar refractivity (Wildman–Crippen MR) is 235 cm³/mol. The maximum absolute atomic E-state index is 13.7. The van der Waals surface area contributed by atoms with Crippen LogP contribution in [0.3, 0.4) is 0 Å². The lowest BCUT2D eigenvalue weighted by Gasteiger charge is -2.27. The standard InChI is InChI=1S/C29H34F3N3O2.C20H24N2O2/c1-33(19-23-8-3-4-11-27(23)37-29(30,31)32)20-25-17-24-16-21-9-7-10-22(21)18-26(24)35(28(25)36)15-14-34-12-5-2-6-13-34;23-14-18-12-17-11-15-5-4-6-16(15)13-19(17)22(20(18)24)10-9-21-7-2-1-3-8-21/h3-4,8,11,16-18H,2,5-7,9-10,12-15,19-20H2,1H3;11-14H,1-10H2. The van der Waals surface area contributed by atoms with Gasteiger partial charge in [0.05, 0.1) is 16.6 Å². The van der Waals surface area contributed by atoms with Crippen LogP contribution in [0.2, 0.25) is 0 Å². The largest absolute Gasteiger partial charge is 0.573 e. The monoisotopic (exact) mass is 837 g/mol. The maximum atomic E-state index is 13.7. The molecule has 3 aromatic carbocycles. The summed E-state index contributed by atoms with van der Waals surface area (Å²) in [5.41, 5.74) is 8.60. The van der Waals surface area contributed by atoms with E-state index in [-0.39, 0.29) is 29.0 Å². The minimum atomic E-state index is -4.75. The number of aromatic nitrogens is 2. The summed E-state index contributed by atoms with van der Waals surface area (Å²) in [5.74, 6) is -0.213. The number of aldehydes is 1. The van der Waals surface area contributed by atoms with Crippen molar-refractivity contribution in [2.24, 2.45) is 0 Å². The number of fused-ring (bicyclic) bond motifs is 4. The van der Waals surface area contributed by atoms with E-state index in [1.807, 2.05) is 27.1 Å². The van der Waals surface area contributed by atoms with E-state index >= 15 is 0 Å². The smallest absolute Gasteiger partial charge is 0.405 e. The Morgan fingerprint density at radius 2 is 1.10 bits per heavy atom. The van der Waals surface area contributed by atoms with Crippen molar-refractivity contribution in [3.63, 3.8) is 0 Å². The first kappa shape index (κ1) is 42.9. The van der Waals surface area contributed by atoms with Crippen LogP contribution in [-0.2, 0) is 51.9 Å². The number of alkyl halides is 3. The number of halogens is 3. The lowest BCUT2D eigenvalue weighted by Crippen LogP contribution is -2.36. The van der Waals surface area contributed by atoms with Gasteiger partial charge in [-0.05, 0) is 173 Å². The fraction of sp³-hybridized carbons (Fsp3) is 0.490. The summed E-state index contributed by atoms with van der Waals surface area (Å²) >= 11 is 0. The Morgan fingerprint density at radius 3 is 1.64 bits per heavy atom. The van der Waals surface area contributed by atoms with Crippen molar-refractivity contribution in [3.05, 3.63) is 120 Å². The minimum absolute atomic E-state index is 0.0193. The molecule has 2 aliphatic heterocycles. The lowest BCUT2D eigenvalue weighted by molar-refractivity contribution is -0.275. The molecule has 12 heteroatoms. The number of likely N-dealkylation sites (tertiary alicyclic amines) is 2. The van der Waals surface area contributed by atoms with Gasteiger partial charge in [0.15, 0.2) is 6.29 Å². The highest BCUT2D eigenvalue weighted by atomic mass is 19.4. The van der Waals surface area contributed by atoms with Crippen LogP contribution < -0.4 is 15.9 Å². The predicted octanol–water partition coefficient (Wildman–Crippen LogP) is 8.30. The number of rotatable bonds is 12. The highest BCUT2D eigenvalue weighted by molar-refractivity contribution is 5.87. The quantitative estimate of drug-likeness (QED) is 0.117. The Morgan fingerprint density at radius 1 is 0.607 bits per heavy atom. The Balaban J connectivity index is 0.000000184. The number of benzene rings is 3. The number of hydrogen-bond acceptors (Lipinski definition) is 7. The van der Waals surface area contributed by atoms with Gasteiger partial charge in [-0.25, -0.2) is 0 Å². The molecule has 9 nitrogen and oxygen atoms in total. The second-order valence-corrected chi connectivity index (χ2v) is 17.5. The molecule has 2 aliphatic carbocycles. The summed E-state index contributed by atoms with van der Waals surface area (Å²) in [5, 5.41) is 2.08. The normalized spacial score (nSPS) is 17.1. The third-order valence-corrected chi connectivity index (χ3v) is 13.1. The number of nitrogens with zero attached hydrogens (tertiary/aromatic N) is 5. The first-order chi connectivity index (χ1) is 29.5. The molecule has 4 aliphatic rings. The van der Waals surface area contributed by atoms with E-state index in [1.54, 1.807) is 18.2 Å². The Hall–Kier alpha value is -4.78. The van der Waals surface area contributed by atoms with Gasteiger partial charge >= 0.3 is 6.36 Å². The number of aryl methyl sites for hydroxylation is 4. The van der Waals surface area contributed by atoms with Crippen molar-refractivity contribution < 1.29 is 22.7 Å². The van der Waals surface area contributed by atoms with Gasteiger partial charge < -0.3 is 23.7 Å². The molecule has 0 N–H and O–H groups in total. The number of carbonyl (C=O) groups is 1. The summed E-state index contributed by atoms with van der Waals surface area (Å²) in [6.45, 7) is 7.96. The molecule has 0 spiro atoms. The number of carbonyl (C=O) groups excluding carboxylic acids is 1. The first-order valence-electron chi connectivity index (χ1n) is 22.3. The van der Waals surface area contributed by atoms with Crippen molar-refractivity contribution in [3.8, 4) is 5.75 Å². The zero-order valence-corrected chi connectivity index (χ0v) is 35.4. The second kappa shape index (κ2) is 19.1. The molecule has 0 radical (unpaired) electrons. The van der Waals surface area contributed by atoms with Gasteiger partial charge in [-0.15, -0.1) is 13.2 Å². The molecule has 0 bridgehead atoms. The average molecular weight is 838 g/mol. The van der Waals surface area contributed by atoms with Crippen LogP contribution in [0.25, 0.3) is 21.8 Å². The van der Waals surface area contributed by atoms with Gasteiger partial charge in [0.2, 0.25) is 0 Å². The topological polar surface area (TPSA) is 80.0 Å². The van der Waals surface area contributed by atoms with Crippen LogP contribution in [0.4, 0.5) is 13.2 Å². The van der Waals surface area contributed by atoms with Crippen molar-refractivity contribution in [2.45, 2.75) is 110 Å². The van der Waals surface area contributed by atoms with Gasteiger partial charge in [-0.1, -0.05) is 31.0 Å². The Bertz CT molecular complexity index is 2480. The Labute approximate surface area is 355 Å². The number of para-hydroxylation sites is 1.